The number of carbonyl (C=O) groups is 3. The summed E-state index contributed by atoms with van der Waals surface area (Å²) >= 11 is 1.36. The summed E-state index contributed by atoms with van der Waals surface area (Å²) in [5, 5.41) is 8.32. The second kappa shape index (κ2) is 12.5. The second-order valence-electron chi connectivity index (χ2n) is 8.59. The maximum absolute atomic E-state index is 13.4. The molecule has 178 valence electrons. The lowest BCUT2D eigenvalue weighted by molar-refractivity contribution is -0.141. The predicted molar refractivity (Wildman–Crippen MR) is 131 cm³/mol. The highest BCUT2D eigenvalue weighted by atomic mass is 32.1. The molecule has 0 bridgehead atoms. The third-order valence-electron chi connectivity index (χ3n) is 5.88. The zero-order valence-electron chi connectivity index (χ0n) is 19.5. The van der Waals surface area contributed by atoms with E-state index in [9.17, 15) is 14.4 Å². The van der Waals surface area contributed by atoms with Crippen LogP contribution in [-0.4, -0.2) is 40.2 Å². The molecule has 0 aliphatic heterocycles. The van der Waals surface area contributed by atoms with Crippen molar-refractivity contribution in [3.05, 3.63) is 47.0 Å². The molecule has 1 aliphatic carbocycles. The molecule has 1 atom stereocenters. The van der Waals surface area contributed by atoms with Crippen LogP contribution < -0.4 is 10.6 Å². The molecule has 2 N–H and O–H groups in total. The van der Waals surface area contributed by atoms with Crippen molar-refractivity contribution in [1.29, 1.82) is 0 Å². The fraction of sp³-hybridized carbons (Fsp3) is 0.520. The van der Waals surface area contributed by atoms with E-state index in [0.717, 1.165) is 49.8 Å². The minimum absolute atomic E-state index is 0.0416. The number of carbonyl (C=O) groups excluding carboxylic acids is 3. The first-order valence-corrected chi connectivity index (χ1v) is 12.7. The molecule has 1 fully saturated rings. The molecule has 0 unspecified atom stereocenters. The number of anilines is 1. The van der Waals surface area contributed by atoms with Crippen molar-refractivity contribution >= 4 is 34.2 Å². The number of hydrogen-bond acceptors (Lipinski definition) is 5. The van der Waals surface area contributed by atoms with E-state index in [-0.39, 0.29) is 36.6 Å². The molecule has 33 heavy (non-hydrogen) atoms. The summed E-state index contributed by atoms with van der Waals surface area (Å²) in [6, 6.07) is 8.92. The van der Waals surface area contributed by atoms with E-state index in [1.807, 2.05) is 42.6 Å². The summed E-state index contributed by atoms with van der Waals surface area (Å²) in [5.74, 6) is -0.579. The predicted octanol–water partition coefficient (Wildman–Crippen LogP) is 4.60. The Morgan fingerprint density at radius 2 is 1.88 bits per heavy atom. The molecule has 8 heteroatoms. The van der Waals surface area contributed by atoms with Gasteiger partial charge in [-0.25, -0.2) is 4.98 Å². The Bertz CT molecular complexity index is 925. The summed E-state index contributed by atoms with van der Waals surface area (Å²) in [7, 11) is 0. The summed E-state index contributed by atoms with van der Waals surface area (Å²) in [6.45, 7) is 4.39. The van der Waals surface area contributed by atoms with Crippen LogP contribution in [-0.2, 0) is 14.4 Å². The first kappa shape index (κ1) is 24.9. The smallest absolute Gasteiger partial charge is 0.247 e. The van der Waals surface area contributed by atoms with Gasteiger partial charge in [-0.1, -0.05) is 56.5 Å². The molecule has 1 heterocycles. The molecule has 7 nitrogen and oxygen atoms in total. The summed E-state index contributed by atoms with van der Waals surface area (Å²) in [4.78, 5) is 45.0. The lowest BCUT2D eigenvalue weighted by atomic mass is 10.0. The van der Waals surface area contributed by atoms with Crippen LogP contribution >= 0.6 is 11.3 Å². The highest BCUT2D eigenvalue weighted by Gasteiger charge is 2.32. The van der Waals surface area contributed by atoms with Gasteiger partial charge in [0.15, 0.2) is 5.13 Å². The SMILES string of the molecule is CCCCN(C(=O)CCC(=O)Nc1nc(C)cs1)[C@@H](C(=O)NC1CCCC1)c1ccccc1. The van der Waals surface area contributed by atoms with Crippen molar-refractivity contribution < 1.29 is 14.4 Å². The fourth-order valence-corrected chi connectivity index (χ4v) is 4.85. The molecular weight excluding hydrogens is 436 g/mol. The first-order chi connectivity index (χ1) is 16.0. The zero-order chi connectivity index (χ0) is 23.6. The number of aromatic nitrogens is 1. The standard InChI is InChI=1S/C25H34N4O3S/c1-3-4-16-29(22(31)15-14-21(30)28-25-26-18(2)17-33-25)23(19-10-6-5-7-11-19)24(32)27-20-12-8-9-13-20/h5-7,10-11,17,20,23H,3-4,8-9,12-16H2,1-2H3,(H,27,32)(H,26,28,30)/t23-/m1/s1. The number of unbranched alkanes of at least 4 members (excludes halogenated alkanes) is 1. The largest absolute Gasteiger partial charge is 0.351 e. The molecule has 3 amide bonds. The molecular formula is C25H34N4O3S. The molecule has 1 saturated carbocycles. The van der Waals surface area contributed by atoms with Crippen molar-refractivity contribution in [2.45, 2.75) is 77.3 Å². The second-order valence-corrected chi connectivity index (χ2v) is 9.44. The number of aryl methyl sites for hydroxylation is 1. The Kier molecular flexibility index (Phi) is 9.42. The Morgan fingerprint density at radius 1 is 1.15 bits per heavy atom. The Hall–Kier alpha value is -2.74. The summed E-state index contributed by atoms with van der Waals surface area (Å²) < 4.78 is 0. The molecule has 0 radical (unpaired) electrons. The Balaban J connectivity index is 1.72. The van der Waals surface area contributed by atoms with Gasteiger partial charge in [-0.3, -0.25) is 14.4 Å². The van der Waals surface area contributed by atoms with Crippen molar-refractivity contribution in [2.24, 2.45) is 0 Å². The van der Waals surface area contributed by atoms with Gasteiger partial charge in [0.05, 0.1) is 5.69 Å². The number of rotatable bonds is 11. The topological polar surface area (TPSA) is 91.4 Å². The van der Waals surface area contributed by atoms with E-state index >= 15 is 0 Å². The number of benzene rings is 1. The fourth-order valence-electron chi connectivity index (χ4n) is 4.14. The van der Waals surface area contributed by atoms with Gasteiger partial charge in [0.2, 0.25) is 17.7 Å². The average Bonchev–Trinajstić information content (AvgIpc) is 3.47. The van der Waals surface area contributed by atoms with Crippen molar-refractivity contribution in [1.82, 2.24) is 15.2 Å². The lowest BCUT2D eigenvalue weighted by Crippen LogP contribution is -2.46. The quantitative estimate of drug-likeness (QED) is 0.502. The maximum atomic E-state index is 13.4. The molecule has 0 spiro atoms. The van der Waals surface area contributed by atoms with Crippen LogP contribution in [0.5, 0.6) is 0 Å². The van der Waals surface area contributed by atoms with E-state index in [1.54, 1.807) is 4.90 Å². The molecule has 1 aliphatic rings. The highest BCUT2D eigenvalue weighted by Crippen LogP contribution is 2.25. The third-order valence-corrected chi connectivity index (χ3v) is 6.76. The van der Waals surface area contributed by atoms with Crippen molar-refractivity contribution in [3.8, 4) is 0 Å². The van der Waals surface area contributed by atoms with Crippen molar-refractivity contribution in [3.63, 3.8) is 0 Å². The third kappa shape index (κ3) is 7.39. The molecule has 0 saturated heterocycles. The van der Waals surface area contributed by atoms with Crippen LogP contribution in [0.2, 0.25) is 0 Å². The summed E-state index contributed by atoms with van der Waals surface area (Å²) in [5.41, 5.74) is 1.64. The minimum atomic E-state index is -0.699. The van der Waals surface area contributed by atoms with Crippen LogP contribution in [0.25, 0.3) is 0 Å². The zero-order valence-corrected chi connectivity index (χ0v) is 20.3. The van der Waals surface area contributed by atoms with E-state index in [4.69, 9.17) is 0 Å². The van der Waals surface area contributed by atoms with E-state index in [0.29, 0.717) is 11.7 Å². The average molecular weight is 471 g/mol. The van der Waals surface area contributed by atoms with Crippen LogP contribution in [0.4, 0.5) is 5.13 Å². The van der Waals surface area contributed by atoms with Crippen molar-refractivity contribution in [2.75, 3.05) is 11.9 Å². The first-order valence-electron chi connectivity index (χ1n) is 11.8. The van der Waals surface area contributed by atoms with Gasteiger partial charge in [0.25, 0.3) is 0 Å². The van der Waals surface area contributed by atoms with Gasteiger partial charge in [-0.05, 0) is 31.7 Å². The number of hydrogen-bond donors (Lipinski definition) is 2. The van der Waals surface area contributed by atoms with Crippen LogP contribution in [0, 0.1) is 6.92 Å². The van der Waals surface area contributed by atoms with Gasteiger partial charge in [-0.2, -0.15) is 0 Å². The van der Waals surface area contributed by atoms with E-state index in [1.165, 1.54) is 11.3 Å². The molecule has 1 aromatic heterocycles. The van der Waals surface area contributed by atoms with Crippen LogP contribution in [0.3, 0.4) is 0 Å². The summed E-state index contributed by atoms with van der Waals surface area (Å²) in [6.07, 6.45) is 5.97. The van der Waals surface area contributed by atoms with Gasteiger partial charge in [-0.15, -0.1) is 11.3 Å². The van der Waals surface area contributed by atoms with Gasteiger partial charge in [0, 0.05) is 30.8 Å². The number of amides is 3. The molecule has 3 rings (SSSR count). The van der Waals surface area contributed by atoms with Crippen LogP contribution in [0.15, 0.2) is 35.7 Å². The number of nitrogens with zero attached hydrogens (tertiary/aromatic N) is 2. The van der Waals surface area contributed by atoms with Crippen LogP contribution in [0.1, 0.15) is 75.6 Å². The van der Waals surface area contributed by atoms with E-state index < -0.39 is 6.04 Å². The van der Waals surface area contributed by atoms with Gasteiger partial charge >= 0.3 is 0 Å². The monoisotopic (exact) mass is 470 g/mol. The number of thiazole rings is 1. The Morgan fingerprint density at radius 3 is 2.52 bits per heavy atom. The van der Waals surface area contributed by atoms with E-state index in [2.05, 4.69) is 22.5 Å². The molecule has 2 aromatic rings. The minimum Gasteiger partial charge on any atom is -0.351 e. The Labute approximate surface area is 200 Å². The highest BCUT2D eigenvalue weighted by molar-refractivity contribution is 7.13. The van der Waals surface area contributed by atoms with Gasteiger partial charge in [0.1, 0.15) is 6.04 Å². The maximum Gasteiger partial charge on any atom is 0.247 e. The van der Waals surface area contributed by atoms with Gasteiger partial charge < -0.3 is 15.5 Å². The lowest BCUT2D eigenvalue weighted by Gasteiger charge is -2.32. The normalized spacial score (nSPS) is 14.6. The number of nitrogens with one attached hydrogen (secondary N) is 2. The molecule has 1 aromatic carbocycles.